The monoisotopic (exact) mass is 324 g/mol. The number of nitrogens with two attached hydrogens (primary N) is 2. The molecule has 0 saturated heterocycles. The number of rotatable bonds is 7. The van der Waals surface area contributed by atoms with Crippen molar-refractivity contribution in [2.45, 2.75) is 12.3 Å². The molecule has 2 rings (SSSR count). The van der Waals surface area contributed by atoms with Gasteiger partial charge < -0.3 is 16.2 Å². The molecule has 2 aromatic carbocycles. The Balaban J connectivity index is 0.00000242. The van der Waals surface area contributed by atoms with Crippen molar-refractivity contribution in [2.24, 2.45) is 11.5 Å². The molecule has 0 aliphatic rings. The van der Waals surface area contributed by atoms with Crippen LogP contribution in [0, 0.1) is 5.82 Å². The summed E-state index contributed by atoms with van der Waals surface area (Å²) in [6, 6.07) is 14.7. The molecule has 5 heteroatoms. The Bertz CT molecular complexity index is 566. The first-order chi connectivity index (χ1) is 10.2. The third kappa shape index (κ3) is 4.98. The van der Waals surface area contributed by atoms with E-state index in [2.05, 4.69) is 0 Å². The third-order valence-corrected chi connectivity index (χ3v) is 3.40. The van der Waals surface area contributed by atoms with Gasteiger partial charge in [-0.05, 0) is 42.3 Å². The van der Waals surface area contributed by atoms with Gasteiger partial charge in [-0.1, -0.05) is 30.3 Å². The molecule has 0 bridgehead atoms. The van der Waals surface area contributed by atoms with Crippen molar-refractivity contribution in [1.29, 1.82) is 0 Å². The van der Waals surface area contributed by atoms with E-state index < -0.39 is 0 Å². The summed E-state index contributed by atoms with van der Waals surface area (Å²) in [5.74, 6) is 0.304. The molecule has 0 heterocycles. The highest BCUT2D eigenvalue weighted by atomic mass is 35.5. The average Bonchev–Trinajstić information content (AvgIpc) is 2.53. The van der Waals surface area contributed by atoms with Gasteiger partial charge in [0.1, 0.15) is 18.2 Å². The van der Waals surface area contributed by atoms with Gasteiger partial charge >= 0.3 is 0 Å². The fourth-order valence-electron chi connectivity index (χ4n) is 2.32. The topological polar surface area (TPSA) is 61.3 Å². The molecule has 3 nitrogen and oxygen atoms in total. The zero-order valence-corrected chi connectivity index (χ0v) is 13.2. The molecule has 4 N–H and O–H groups in total. The number of halogens is 2. The molecule has 0 aliphatic heterocycles. The second kappa shape index (κ2) is 9.41. The van der Waals surface area contributed by atoms with E-state index in [0.717, 1.165) is 5.56 Å². The highest BCUT2D eigenvalue weighted by Gasteiger charge is 2.16. The molecule has 22 heavy (non-hydrogen) atoms. The minimum Gasteiger partial charge on any atom is -0.492 e. The number of hydrogen-bond donors (Lipinski definition) is 2. The first-order valence-electron chi connectivity index (χ1n) is 7.11. The second-order valence-corrected chi connectivity index (χ2v) is 4.94. The van der Waals surface area contributed by atoms with Crippen molar-refractivity contribution >= 4 is 12.4 Å². The van der Waals surface area contributed by atoms with Crippen molar-refractivity contribution in [2.75, 3.05) is 19.7 Å². The van der Waals surface area contributed by atoms with Gasteiger partial charge in [0, 0.05) is 12.5 Å². The van der Waals surface area contributed by atoms with Crippen LogP contribution in [0.15, 0.2) is 48.5 Å². The van der Waals surface area contributed by atoms with Crippen molar-refractivity contribution in [1.82, 2.24) is 0 Å². The highest BCUT2D eigenvalue weighted by Crippen LogP contribution is 2.26. The summed E-state index contributed by atoms with van der Waals surface area (Å²) in [6.45, 7) is 1.22. The Morgan fingerprint density at radius 2 is 1.77 bits per heavy atom. The minimum atomic E-state index is -0.249. The van der Waals surface area contributed by atoms with Gasteiger partial charge in [-0.3, -0.25) is 0 Å². The molecule has 0 spiro atoms. The summed E-state index contributed by atoms with van der Waals surface area (Å²) in [5, 5.41) is 0. The molecule has 1 atom stereocenters. The first-order valence-corrected chi connectivity index (χ1v) is 7.11. The van der Waals surface area contributed by atoms with Gasteiger partial charge in [-0.2, -0.15) is 0 Å². The lowest BCUT2D eigenvalue weighted by Crippen LogP contribution is -2.17. The summed E-state index contributed by atoms with van der Waals surface area (Å²) in [6.07, 6.45) is 0.703. The Kier molecular flexibility index (Phi) is 7.88. The van der Waals surface area contributed by atoms with Gasteiger partial charge in [0.25, 0.3) is 0 Å². The van der Waals surface area contributed by atoms with Crippen LogP contribution in [0.5, 0.6) is 5.75 Å². The average molecular weight is 325 g/mol. The summed E-state index contributed by atoms with van der Waals surface area (Å²) >= 11 is 0. The molecule has 2 aromatic rings. The van der Waals surface area contributed by atoms with Crippen LogP contribution in [0.1, 0.15) is 17.0 Å². The van der Waals surface area contributed by atoms with E-state index >= 15 is 0 Å². The maximum absolute atomic E-state index is 14.1. The van der Waals surface area contributed by atoms with Crippen LogP contribution >= 0.6 is 12.4 Å². The smallest absolute Gasteiger partial charge is 0.127 e. The largest absolute Gasteiger partial charge is 0.492 e. The predicted octanol–water partition coefficient (Wildman–Crippen LogP) is 2.87. The van der Waals surface area contributed by atoms with Crippen molar-refractivity contribution < 1.29 is 9.13 Å². The molecule has 0 saturated carbocycles. The number of ether oxygens (including phenoxy) is 1. The number of hydrogen-bond acceptors (Lipinski definition) is 3. The van der Waals surface area contributed by atoms with Crippen LogP contribution in [0.25, 0.3) is 0 Å². The highest BCUT2D eigenvalue weighted by molar-refractivity contribution is 5.85. The normalized spacial score (nSPS) is 11.6. The van der Waals surface area contributed by atoms with Crippen LogP contribution < -0.4 is 16.2 Å². The Morgan fingerprint density at radius 1 is 1.05 bits per heavy atom. The molecular weight excluding hydrogens is 303 g/mol. The molecule has 0 amide bonds. The Hall–Kier alpha value is -1.62. The first kappa shape index (κ1) is 18.4. The van der Waals surface area contributed by atoms with E-state index in [1.807, 2.05) is 30.3 Å². The Morgan fingerprint density at radius 3 is 2.41 bits per heavy atom. The quantitative estimate of drug-likeness (QED) is 0.823. The molecule has 120 valence electrons. The van der Waals surface area contributed by atoms with E-state index in [-0.39, 0.29) is 24.1 Å². The second-order valence-electron chi connectivity index (χ2n) is 4.94. The molecular formula is C17H22ClFN2O. The third-order valence-electron chi connectivity index (χ3n) is 3.40. The van der Waals surface area contributed by atoms with Crippen molar-refractivity contribution in [3.05, 3.63) is 65.5 Å². The van der Waals surface area contributed by atoms with Crippen LogP contribution in [0.4, 0.5) is 4.39 Å². The summed E-state index contributed by atoms with van der Waals surface area (Å²) in [5.41, 5.74) is 13.0. The summed E-state index contributed by atoms with van der Waals surface area (Å²) < 4.78 is 19.6. The van der Waals surface area contributed by atoms with E-state index in [4.69, 9.17) is 16.2 Å². The predicted molar refractivity (Wildman–Crippen MR) is 90.1 cm³/mol. The van der Waals surface area contributed by atoms with Crippen molar-refractivity contribution in [3.63, 3.8) is 0 Å². The van der Waals surface area contributed by atoms with Gasteiger partial charge in [-0.25, -0.2) is 4.39 Å². The van der Waals surface area contributed by atoms with Crippen molar-refractivity contribution in [3.8, 4) is 5.75 Å². The summed E-state index contributed by atoms with van der Waals surface area (Å²) in [7, 11) is 0. The maximum atomic E-state index is 14.1. The lowest BCUT2D eigenvalue weighted by Gasteiger charge is -2.17. The molecule has 0 radical (unpaired) electrons. The van der Waals surface area contributed by atoms with Crippen LogP contribution in [0.3, 0.4) is 0 Å². The van der Waals surface area contributed by atoms with Crippen LogP contribution in [0.2, 0.25) is 0 Å². The fraction of sp³-hybridized carbons (Fsp3) is 0.294. The number of benzene rings is 2. The van der Waals surface area contributed by atoms with E-state index in [0.29, 0.717) is 37.4 Å². The SMILES string of the molecule is Cl.NCCOc1ccc(F)c(C(CN)Cc2ccccc2)c1. The van der Waals surface area contributed by atoms with Crippen LogP contribution in [-0.2, 0) is 6.42 Å². The lowest BCUT2D eigenvalue weighted by atomic mass is 9.91. The fourth-order valence-corrected chi connectivity index (χ4v) is 2.32. The van der Waals surface area contributed by atoms with Gasteiger partial charge in [0.05, 0.1) is 0 Å². The van der Waals surface area contributed by atoms with Gasteiger partial charge in [0.15, 0.2) is 0 Å². The molecule has 0 fully saturated rings. The molecule has 0 aliphatic carbocycles. The van der Waals surface area contributed by atoms with Gasteiger partial charge in [0.2, 0.25) is 0 Å². The standard InChI is InChI=1S/C17H21FN2O.ClH/c18-17-7-6-15(21-9-8-19)11-16(17)14(12-20)10-13-4-2-1-3-5-13;/h1-7,11,14H,8-10,12,19-20H2;1H. The maximum Gasteiger partial charge on any atom is 0.127 e. The van der Waals surface area contributed by atoms with E-state index in [1.54, 1.807) is 12.1 Å². The minimum absolute atomic E-state index is 0. The van der Waals surface area contributed by atoms with E-state index in [1.165, 1.54) is 6.07 Å². The zero-order chi connectivity index (χ0) is 15.1. The summed E-state index contributed by atoms with van der Waals surface area (Å²) in [4.78, 5) is 0. The Labute approximate surface area is 136 Å². The van der Waals surface area contributed by atoms with Crippen LogP contribution in [-0.4, -0.2) is 19.7 Å². The molecule has 0 aromatic heterocycles. The zero-order valence-electron chi connectivity index (χ0n) is 12.4. The van der Waals surface area contributed by atoms with Gasteiger partial charge in [-0.15, -0.1) is 12.4 Å². The van der Waals surface area contributed by atoms with E-state index in [9.17, 15) is 4.39 Å². The lowest BCUT2D eigenvalue weighted by molar-refractivity contribution is 0.327. The molecule has 1 unspecified atom stereocenters.